The molecule has 2 heterocycles. The van der Waals surface area contributed by atoms with Crippen LogP contribution in [0.1, 0.15) is 57.8 Å². The molecule has 1 aliphatic carbocycles. The van der Waals surface area contributed by atoms with Crippen LogP contribution in [0.4, 0.5) is 0 Å². The molecule has 0 aromatic rings. The Hall–Kier alpha value is -0.360. The van der Waals surface area contributed by atoms with Gasteiger partial charge in [0.15, 0.2) is 0 Å². The molecule has 0 spiro atoms. The van der Waals surface area contributed by atoms with Gasteiger partial charge in [0.2, 0.25) is 5.91 Å². The largest absolute Gasteiger partial charge is 0.375 e. The molecule has 1 saturated carbocycles. The molecule has 0 bridgehead atoms. The number of amides is 1. The molecule has 0 radical (unpaired) electrons. The molecule has 3 rings (SSSR count). The zero-order chi connectivity index (χ0) is 16.0. The smallest absolute Gasteiger partial charge is 0.222 e. The minimum Gasteiger partial charge on any atom is -0.375 e. The van der Waals surface area contributed by atoms with Gasteiger partial charge in [-0.3, -0.25) is 9.69 Å². The topological polar surface area (TPSA) is 53.6 Å². The molecule has 0 aromatic carbocycles. The van der Waals surface area contributed by atoms with Crippen LogP contribution in [0, 0.1) is 0 Å². The van der Waals surface area contributed by atoms with E-state index in [1.54, 1.807) is 0 Å². The third-order valence-electron chi connectivity index (χ3n) is 5.84. The summed E-state index contributed by atoms with van der Waals surface area (Å²) >= 11 is 0. The van der Waals surface area contributed by atoms with Gasteiger partial charge in [0.05, 0.1) is 19.1 Å². The summed E-state index contributed by atoms with van der Waals surface area (Å²) in [6.07, 6.45) is 11.0. The summed E-state index contributed by atoms with van der Waals surface area (Å²) in [7, 11) is 0. The first-order valence-electron chi connectivity index (χ1n) is 9.63. The lowest BCUT2D eigenvalue weighted by Crippen LogP contribution is -2.58. The average molecular weight is 360 g/mol. The second-order valence-corrected chi connectivity index (χ2v) is 7.51. The molecule has 24 heavy (non-hydrogen) atoms. The Labute approximate surface area is 152 Å². The van der Waals surface area contributed by atoms with E-state index in [1.807, 2.05) is 0 Å². The molecule has 3 aliphatic rings. The molecule has 2 N–H and O–H groups in total. The summed E-state index contributed by atoms with van der Waals surface area (Å²) in [6.45, 7) is 5.67. The number of ether oxygens (including phenoxy) is 1. The number of rotatable bonds is 5. The number of morpholine rings is 1. The minimum atomic E-state index is 0. The monoisotopic (exact) mass is 359 g/mol. The number of likely N-dealkylation sites (tertiary alicyclic amines) is 1. The number of carbonyl (C=O) groups is 1. The second kappa shape index (κ2) is 9.95. The Balaban J connectivity index is 0.00000208. The van der Waals surface area contributed by atoms with Crippen LogP contribution in [0.3, 0.4) is 0 Å². The van der Waals surface area contributed by atoms with Crippen molar-refractivity contribution in [3.8, 4) is 0 Å². The van der Waals surface area contributed by atoms with Gasteiger partial charge in [-0.15, -0.1) is 12.4 Å². The van der Waals surface area contributed by atoms with E-state index in [4.69, 9.17) is 4.74 Å². The Morgan fingerprint density at radius 2 is 1.83 bits per heavy atom. The molecular weight excluding hydrogens is 326 g/mol. The molecule has 5 nitrogen and oxygen atoms in total. The van der Waals surface area contributed by atoms with E-state index in [0.29, 0.717) is 6.42 Å². The Kier molecular flexibility index (Phi) is 8.28. The van der Waals surface area contributed by atoms with Crippen molar-refractivity contribution in [2.75, 3.05) is 39.3 Å². The van der Waals surface area contributed by atoms with Gasteiger partial charge in [0.1, 0.15) is 0 Å². The van der Waals surface area contributed by atoms with E-state index in [0.717, 1.165) is 26.2 Å². The van der Waals surface area contributed by atoms with E-state index in [9.17, 15) is 4.79 Å². The number of nitrogens with one attached hydrogen (secondary N) is 2. The van der Waals surface area contributed by atoms with Gasteiger partial charge >= 0.3 is 0 Å². The van der Waals surface area contributed by atoms with E-state index in [-0.39, 0.29) is 30.0 Å². The van der Waals surface area contributed by atoms with Crippen molar-refractivity contribution in [3.63, 3.8) is 0 Å². The molecule has 140 valence electrons. The van der Waals surface area contributed by atoms with Crippen LogP contribution in [-0.4, -0.2) is 61.8 Å². The molecule has 3 fully saturated rings. The first kappa shape index (κ1) is 20.0. The van der Waals surface area contributed by atoms with Crippen molar-refractivity contribution >= 4 is 18.3 Å². The molecule has 1 amide bonds. The number of carbonyl (C=O) groups excluding carboxylic acids is 1. The van der Waals surface area contributed by atoms with Gasteiger partial charge in [0.25, 0.3) is 0 Å². The number of piperidine rings is 1. The predicted octanol–water partition coefficient (Wildman–Crippen LogP) is 2.09. The molecule has 1 atom stereocenters. The summed E-state index contributed by atoms with van der Waals surface area (Å²) in [6, 6.07) is 0. The van der Waals surface area contributed by atoms with E-state index >= 15 is 0 Å². The van der Waals surface area contributed by atoms with E-state index in [1.165, 1.54) is 64.5 Å². The quantitative estimate of drug-likeness (QED) is 0.789. The van der Waals surface area contributed by atoms with E-state index in [2.05, 4.69) is 15.5 Å². The first-order valence-corrected chi connectivity index (χ1v) is 9.63. The van der Waals surface area contributed by atoms with Gasteiger partial charge < -0.3 is 15.4 Å². The second-order valence-electron chi connectivity index (χ2n) is 7.51. The summed E-state index contributed by atoms with van der Waals surface area (Å²) in [5.41, 5.74) is 0.222. The summed E-state index contributed by atoms with van der Waals surface area (Å²) in [5.74, 6) is 0.153. The third kappa shape index (κ3) is 5.32. The van der Waals surface area contributed by atoms with Crippen molar-refractivity contribution in [2.45, 2.75) is 69.4 Å². The van der Waals surface area contributed by atoms with Crippen LogP contribution in [-0.2, 0) is 9.53 Å². The maximum Gasteiger partial charge on any atom is 0.222 e. The van der Waals surface area contributed by atoms with E-state index < -0.39 is 0 Å². The average Bonchev–Trinajstić information content (AvgIpc) is 2.62. The Bertz CT molecular complexity index is 376. The summed E-state index contributed by atoms with van der Waals surface area (Å²) < 4.78 is 5.65. The van der Waals surface area contributed by atoms with Gasteiger partial charge in [-0.2, -0.15) is 0 Å². The molecule has 6 heteroatoms. The molecule has 0 aromatic heterocycles. The lowest BCUT2D eigenvalue weighted by molar-refractivity contribution is -0.125. The molecule has 2 saturated heterocycles. The summed E-state index contributed by atoms with van der Waals surface area (Å²) in [5, 5.41) is 6.54. The van der Waals surface area contributed by atoms with Crippen LogP contribution in [0.2, 0.25) is 0 Å². The number of hydrogen-bond acceptors (Lipinski definition) is 4. The number of hydrogen-bond donors (Lipinski definition) is 2. The van der Waals surface area contributed by atoms with Gasteiger partial charge in [-0.1, -0.05) is 25.7 Å². The van der Waals surface area contributed by atoms with Crippen molar-refractivity contribution in [2.24, 2.45) is 0 Å². The third-order valence-corrected chi connectivity index (χ3v) is 5.84. The highest BCUT2D eigenvalue weighted by Crippen LogP contribution is 2.35. The Morgan fingerprint density at radius 1 is 1.12 bits per heavy atom. The summed E-state index contributed by atoms with van der Waals surface area (Å²) in [4.78, 5) is 15.0. The van der Waals surface area contributed by atoms with Crippen LogP contribution in [0.25, 0.3) is 0 Å². The molecule has 1 unspecified atom stereocenters. The first-order chi connectivity index (χ1) is 11.3. The lowest BCUT2D eigenvalue weighted by Gasteiger charge is -2.48. The Morgan fingerprint density at radius 3 is 2.50 bits per heavy atom. The fourth-order valence-electron chi connectivity index (χ4n) is 4.48. The SMILES string of the molecule is Cl.O=C(CC1CNCCO1)NCC1(N2CCCCC2)CCCCC1. The van der Waals surface area contributed by atoms with Crippen molar-refractivity contribution in [1.29, 1.82) is 0 Å². The molecule has 2 aliphatic heterocycles. The van der Waals surface area contributed by atoms with Crippen molar-refractivity contribution in [3.05, 3.63) is 0 Å². The van der Waals surface area contributed by atoms with Gasteiger partial charge in [-0.05, 0) is 38.8 Å². The maximum absolute atomic E-state index is 12.3. The van der Waals surface area contributed by atoms with Gasteiger partial charge in [0, 0.05) is 25.2 Å². The highest BCUT2D eigenvalue weighted by atomic mass is 35.5. The fourth-order valence-corrected chi connectivity index (χ4v) is 4.48. The number of halogens is 1. The minimum absolute atomic E-state index is 0. The van der Waals surface area contributed by atoms with Crippen LogP contribution in [0.5, 0.6) is 0 Å². The van der Waals surface area contributed by atoms with Crippen molar-refractivity contribution < 1.29 is 9.53 Å². The normalized spacial score (nSPS) is 27.9. The molecular formula is C18H34ClN3O2. The van der Waals surface area contributed by atoms with Crippen LogP contribution >= 0.6 is 12.4 Å². The predicted molar refractivity (Wildman–Crippen MR) is 98.7 cm³/mol. The number of nitrogens with zero attached hydrogens (tertiary/aromatic N) is 1. The lowest BCUT2D eigenvalue weighted by atomic mass is 9.79. The standard InChI is InChI=1S/C18H33N3O2.ClH/c22-17(13-16-14-19-9-12-23-16)20-15-18(7-3-1-4-8-18)21-10-5-2-6-11-21;/h16,19H,1-15H2,(H,20,22);1H. The highest BCUT2D eigenvalue weighted by Gasteiger charge is 2.38. The maximum atomic E-state index is 12.3. The fraction of sp³-hybridized carbons (Fsp3) is 0.944. The van der Waals surface area contributed by atoms with Crippen molar-refractivity contribution in [1.82, 2.24) is 15.5 Å². The van der Waals surface area contributed by atoms with Crippen LogP contribution < -0.4 is 10.6 Å². The zero-order valence-electron chi connectivity index (χ0n) is 14.9. The van der Waals surface area contributed by atoms with Gasteiger partial charge in [-0.25, -0.2) is 0 Å². The van der Waals surface area contributed by atoms with Crippen LogP contribution in [0.15, 0.2) is 0 Å². The zero-order valence-corrected chi connectivity index (χ0v) is 15.7. The highest BCUT2D eigenvalue weighted by molar-refractivity contribution is 5.85.